The number of esters is 2. The maximum absolute atomic E-state index is 12.1. The molecular weight excluding hydrogens is 607 g/mol. The molecule has 0 aromatic carbocycles. The van der Waals surface area contributed by atoms with Gasteiger partial charge in [0.15, 0.2) is 6.10 Å². The van der Waals surface area contributed by atoms with Crippen molar-refractivity contribution in [2.45, 2.75) is 91.1 Å². The predicted octanol–water partition coefficient (Wildman–Crippen LogP) is -1.55. The van der Waals surface area contributed by atoms with Crippen molar-refractivity contribution < 1.29 is 118 Å². The van der Waals surface area contributed by atoms with Crippen LogP contribution in [0, 0.1) is 71.0 Å². The van der Waals surface area contributed by atoms with Crippen LogP contribution in [0.25, 0.3) is 0 Å². The first-order valence-electron chi connectivity index (χ1n) is 13.2. The summed E-state index contributed by atoms with van der Waals surface area (Å²) in [4.78, 5) is 54.6. The van der Waals surface area contributed by atoms with Gasteiger partial charge in [-0.05, 0) is 72.5 Å². The van der Waals surface area contributed by atoms with Crippen molar-refractivity contribution in [2.75, 3.05) is 13.2 Å². The van der Waals surface area contributed by atoms with Gasteiger partial charge in [-0.25, -0.2) is 4.79 Å². The number of primary amides is 1. The second-order valence-electron chi connectivity index (χ2n) is 8.27. The number of nitrogens with two attached hydrogens (primary N) is 1. The molecule has 1 amide bonds. The Morgan fingerprint density at radius 1 is 0.773 bits per heavy atom. The number of ether oxygens (including phenoxy) is 2. The molecule has 0 aromatic rings. The molecule has 2 N–H and O–H groups in total. The third kappa shape index (κ3) is 44.3. The van der Waals surface area contributed by atoms with Crippen LogP contribution in [-0.2, 0) is 32.9 Å². The molecule has 0 saturated carbocycles. The number of carbonyl (C=O) groups excluding carboxylic acids is 3. The molecule has 0 aliphatic carbocycles. The summed E-state index contributed by atoms with van der Waals surface area (Å²) in [6.07, 6.45) is 8.45. The van der Waals surface area contributed by atoms with E-state index in [0.29, 0.717) is 6.42 Å². The molecule has 0 rings (SSSR count). The first kappa shape index (κ1) is 48.8. The molecule has 0 unspecified atom stereocenters. The second-order valence-corrected chi connectivity index (χ2v) is 9.42. The summed E-state index contributed by atoms with van der Waals surface area (Å²) < 4.78 is 24.9. The number of hydrogen-bond acceptors (Lipinski definition) is 9. The minimum absolute atomic E-state index is 0. The van der Waals surface area contributed by atoms with Crippen LogP contribution in [0.1, 0.15) is 101 Å². The Bertz CT molecular complexity index is 1310. The van der Waals surface area contributed by atoms with Gasteiger partial charge in [-0.2, -0.15) is 0 Å². The summed E-state index contributed by atoms with van der Waals surface area (Å²) in [7, 11) is -5.31. The van der Waals surface area contributed by atoms with Crippen LogP contribution < -0.4 is 74.6 Å². The molecule has 0 aliphatic rings. The van der Waals surface area contributed by atoms with Crippen LogP contribution in [0.3, 0.4) is 0 Å². The van der Waals surface area contributed by atoms with Crippen molar-refractivity contribution in [3.63, 3.8) is 0 Å². The molecule has 0 bridgehead atoms. The molecule has 0 aliphatic heterocycles. The van der Waals surface area contributed by atoms with Crippen molar-refractivity contribution in [2.24, 2.45) is 5.73 Å². The molecule has 13 heteroatoms. The van der Waals surface area contributed by atoms with Crippen molar-refractivity contribution in [1.82, 2.24) is 0 Å². The number of amides is 1. The Morgan fingerprint density at radius 2 is 1.20 bits per heavy atom. The molecule has 0 saturated heterocycles. The fourth-order valence-corrected chi connectivity index (χ4v) is 3.06. The van der Waals surface area contributed by atoms with Crippen LogP contribution >= 0.6 is 7.82 Å². The second kappa shape index (κ2) is 35.4. The smallest absolute Gasteiger partial charge is 0.790 e. The van der Waals surface area contributed by atoms with Crippen molar-refractivity contribution in [3.8, 4) is 71.0 Å². The number of rotatable bonds is 16. The molecule has 44 heavy (non-hydrogen) atoms. The van der Waals surface area contributed by atoms with E-state index in [1.54, 1.807) is 6.92 Å². The van der Waals surface area contributed by atoms with Crippen molar-refractivity contribution >= 4 is 25.7 Å². The van der Waals surface area contributed by atoms with Gasteiger partial charge in [0.25, 0.3) is 0 Å². The van der Waals surface area contributed by atoms with Gasteiger partial charge in [-0.1, -0.05) is 64.2 Å². The van der Waals surface area contributed by atoms with Gasteiger partial charge in [0.05, 0.1) is 14.4 Å². The zero-order chi connectivity index (χ0) is 31.9. The first-order valence-corrected chi connectivity index (χ1v) is 14.7. The fourth-order valence-electron chi connectivity index (χ4n) is 2.71. The maximum atomic E-state index is 12.1. The fraction of sp³-hybridized carbons (Fsp3) is 0.516. The van der Waals surface area contributed by atoms with Gasteiger partial charge in [0, 0.05) is 35.0 Å². The van der Waals surface area contributed by atoms with Gasteiger partial charge < -0.3 is 34.1 Å². The van der Waals surface area contributed by atoms with Crippen LogP contribution in [-0.4, -0.2) is 37.2 Å². The zero-order valence-corrected chi connectivity index (χ0v) is 31.2. The summed E-state index contributed by atoms with van der Waals surface area (Å²) >= 11 is 0. The molecule has 0 heterocycles. The molecule has 0 radical (unpaired) electrons. The van der Waals surface area contributed by atoms with E-state index in [9.17, 15) is 28.7 Å². The van der Waals surface area contributed by atoms with Crippen LogP contribution in [0.15, 0.2) is 0 Å². The molecule has 248 valence electrons. The third-order valence-electron chi connectivity index (χ3n) is 4.45. The molecule has 1 atom stereocenters. The van der Waals surface area contributed by atoms with Crippen LogP contribution in [0.5, 0.6) is 0 Å². The number of phosphoric ester groups is 1. The summed E-state index contributed by atoms with van der Waals surface area (Å²) in [5.74, 6) is 26.7. The molecule has 0 spiro atoms. The Morgan fingerprint density at radius 3 is 1.66 bits per heavy atom. The number of phosphoric acid groups is 1. The van der Waals surface area contributed by atoms with E-state index in [4.69, 9.17) is 9.47 Å². The molecule has 0 fully saturated rings. The summed E-state index contributed by atoms with van der Waals surface area (Å²) in [5, 5.41) is 0. The first-order chi connectivity index (χ1) is 20.0. The zero-order valence-electron chi connectivity index (χ0n) is 26.3. The average molecular weight is 666 g/mol. The van der Waals surface area contributed by atoms with E-state index in [-0.39, 0.29) is 87.1 Å². The van der Waals surface area contributed by atoms with E-state index in [1.165, 1.54) is 39.0 Å². The van der Waals surface area contributed by atoms with E-state index >= 15 is 0 Å². The standard InChI is InChI=1S/C29H33O8P.C2H5NO.2Na.11H2/c1-3-5-7-9-11-13-14-16-17-19-21-23-28(30)35-25-27(26-36-38(32,33)34)37-29(31)24-22-20-18-15-12-10-8-6-4-2;1-2(3)4;;;;;;;;;;;;;/h27H,4,6,8,10,12,15,18,20,22,24-26H2,1-2H3,(H2,32,33,34);1H3,(H2,3,4);;;11*1H/q;;2*+1;;;;;;;;;;;/p-2/t27-;;;;;;;;;;;;;;/m1............../s1. The Kier molecular flexibility index (Phi) is 39.2. The van der Waals surface area contributed by atoms with Gasteiger partial charge in [-0.15, -0.1) is 0 Å². The minimum Gasteiger partial charge on any atom is -0.790 e. The number of unbranched alkanes of at least 4 members (excludes halogenated alkanes) is 8. The molecule has 0 aromatic heterocycles. The predicted molar refractivity (Wildman–Crippen MR) is 177 cm³/mol. The normalized spacial score (nSPS) is 9.11. The molecule has 10 nitrogen and oxygen atoms in total. The van der Waals surface area contributed by atoms with Gasteiger partial charge in [0.1, 0.15) is 6.61 Å². The Hall–Kier alpha value is -2.12. The number of hydrogen-bond donors (Lipinski definition) is 1. The Balaban J connectivity index is -0.0000000688. The summed E-state index contributed by atoms with van der Waals surface area (Å²) in [6, 6.07) is 0. The topological polar surface area (TPSA) is 168 Å². The monoisotopic (exact) mass is 665 g/mol. The van der Waals surface area contributed by atoms with Gasteiger partial charge in [-0.3, -0.25) is 9.59 Å². The van der Waals surface area contributed by atoms with Crippen molar-refractivity contribution in [3.05, 3.63) is 0 Å². The maximum Gasteiger partial charge on any atom is 1.00 e. The minimum atomic E-state index is -5.31. The van der Waals surface area contributed by atoms with E-state index in [2.05, 4.69) is 88.2 Å². The van der Waals surface area contributed by atoms with E-state index in [0.717, 1.165) is 19.3 Å². The van der Waals surface area contributed by atoms with E-state index in [1.807, 2.05) is 0 Å². The van der Waals surface area contributed by atoms with Crippen LogP contribution in [0.4, 0.5) is 0 Å². The SMILES string of the molecule is CC#CC#CC#CC#CC#CC#CC(=O)OC[C@H](COP(=O)([O-])[O-])OC(=O)CCCCCCCCCCC.CC(N)=O.[HH].[HH].[HH].[HH].[HH].[HH].[HH].[HH].[HH].[HH].[HH].[Na+].[Na+]. The molecular formula is C31H58NNa2O9P. The van der Waals surface area contributed by atoms with Gasteiger partial charge >= 0.3 is 71.1 Å². The third-order valence-corrected chi connectivity index (χ3v) is 4.92. The largest absolute Gasteiger partial charge is 1.00 e. The number of carbonyl (C=O) groups is 3. The Labute approximate surface area is 322 Å². The van der Waals surface area contributed by atoms with Crippen LogP contribution in [0.2, 0.25) is 0 Å². The van der Waals surface area contributed by atoms with Crippen molar-refractivity contribution in [1.29, 1.82) is 0 Å². The summed E-state index contributed by atoms with van der Waals surface area (Å²) in [6.45, 7) is 3.80. The summed E-state index contributed by atoms with van der Waals surface area (Å²) in [5.41, 5.74) is 4.47. The average Bonchev–Trinajstić information content (AvgIpc) is 2.91. The quantitative estimate of drug-likeness (QED) is 0.0513. The van der Waals surface area contributed by atoms with Gasteiger partial charge in [0.2, 0.25) is 5.91 Å². The van der Waals surface area contributed by atoms with E-state index < -0.39 is 39.1 Å².